The van der Waals surface area contributed by atoms with Gasteiger partial charge in [-0.15, -0.1) is 0 Å². The van der Waals surface area contributed by atoms with Crippen LogP contribution < -0.4 is 10.1 Å². The summed E-state index contributed by atoms with van der Waals surface area (Å²) in [4.78, 5) is 18.7. The molecule has 1 aromatic rings. The van der Waals surface area contributed by atoms with E-state index in [1.165, 1.54) is 6.20 Å². The predicted octanol–water partition coefficient (Wildman–Crippen LogP) is 3.16. The number of ether oxygens (including phenoxy) is 1. The third-order valence-electron chi connectivity index (χ3n) is 3.71. The number of aromatic nitrogens is 2. The number of nitrogens with one attached hydrogen (secondary N) is 1. The average molecular weight is 294 g/mol. The fourth-order valence-electron chi connectivity index (χ4n) is 2.40. The van der Waals surface area contributed by atoms with Crippen molar-refractivity contribution in [3.63, 3.8) is 0 Å². The average Bonchev–Trinajstić information content (AvgIpc) is 2.47. The standard InChI is InChI=1S/C14H22N4O3/c1-3-8-15-14-16-9-12(18(19)20)13(17-14)21-11-6-4-10(2)5-7-11/h9-11H,3-8H2,1-2H3,(H,15,16,17). The second-order valence-corrected chi connectivity index (χ2v) is 5.57. The molecule has 7 heteroatoms. The maximum absolute atomic E-state index is 11.1. The molecule has 7 nitrogen and oxygen atoms in total. The van der Waals surface area contributed by atoms with Crippen molar-refractivity contribution in [3.05, 3.63) is 16.3 Å². The van der Waals surface area contributed by atoms with Crippen molar-refractivity contribution in [1.29, 1.82) is 0 Å². The number of rotatable bonds is 6. The van der Waals surface area contributed by atoms with E-state index >= 15 is 0 Å². The second-order valence-electron chi connectivity index (χ2n) is 5.57. The zero-order valence-corrected chi connectivity index (χ0v) is 12.5. The molecule has 1 aromatic heterocycles. The van der Waals surface area contributed by atoms with E-state index in [2.05, 4.69) is 22.2 Å². The van der Waals surface area contributed by atoms with Gasteiger partial charge in [-0.3, -0.25) is 10.1 Å². The maximum atomic E-state index is 11.1. The molecule has 2 rings (SSSR count). The largest absolute Gasteiger partial charge is 0.469 e. The molecule has 0 amide bonds. The number of nitrogens with zero attached hydrogens (tertiary/aromatic N) is 3. The van der Waals surface area contributed by atoms with Gasteiger partial charge < -0.3 is 10.1 Å². The Bertz CT molecular complexity index is 487. The van der Waals surface area contributed by atoms with Crippen LogP contribution in [-0.4, -0.2) is 27.5 Å². The summed E-state index contributed by atoms with van der Waals surface area (Å²) in [5.41, 5.74) is -0.171. The Labute approximate surface area is 124 Å². The van der Waals surface area contributed by atoms with Gasteiger partial charge in [0.15, 0.2) is 0 Å². The second kappa shape index (κ2) is 7.19. The minimum absolute atomic E-state index is 0.00817. The summed E-state index contributed by atoms with van der Waals surface area (Å²) >= 11 is 0. The van der Waals surface area contributed by atoms with E-state index in [-0.39, 0.29) is 17.7 Å². The molecule has 0 spiro atoms. The van der Waals surface area contributed by atoms with Gasteiger partial charge in [-0.05, 0) is 38.0 Å². The molecule has 0 saturated heterocycles. The first kappa shape index (κ1) is 15.5. The highest BCUT2D eigenvalue weighted by Crippen LogP contribution is 2.31. The summed E-state index contributed by atoms with van der Waals surface area (Å²) in [6, 6.07) is 0. The first-order chi connectivity index (χ1) is 10.1. The zero-order valence-electron chi connectivity index (χ0n) is 12.5. The lowest BCUT2D eigenvalue weighted by Crippen LogP contribution is -2.24. The van der Waals surface area contributed by atoms with Gasteiger partial charge in [0.05, 0.1) is 4.92 Å². The molecule has 116 valence electrons. The van der Waals surface area contributed by atoms with Crippen molar-refractivity contribution < 1.29 is 9.66 Å². The molecule has 1 heterocycles. The van der Waals surface area contributed by atoms with Gasteiger partial charge in [0.25, 0.3) is 5.88 Å². The van der Waals surface area contributed by atoms with Crippen molar-refractivity contribution in [3.8, 4) is 5.88 Å². The van der Waals surface area contributed by atoms with E-state index < -0.39 is 4.92 Å². The summed E-state index contributed by atoms with van der Waals surface area (Å²) in [7, 11) is 0. The van der Waals surface area contributed by atoms with E-state index in [4.69, 9.17) is 4.74 Å². The monoisotopic (exact) mass is 294 g/mol. The van der Waals surface area contributed by atoms with Gasteiger partial charge >= 0.3 is 5.69 Å². The van der Waals surface area contributed by atoms with Gasteiger partial charge in [-0.1, -0.05) is 13.8 Å². The van der Waals surface area contributed by atoms with E-state index in [1.807, 2.05) is 6.92 Å². The van der Waals surface area contributed by atoms with Crippen molar-refractivity contribution in [2.45, 2.75) is 52.1 Å². The summed E-state index contributed by atoms with van der Waals surface area (Å²) in [5, 5.41) is 14.1. The molecule has 1 fully saturated rings. The Kier molecular flexibility index (Phi) is 5.30. The smallest absolute Gasteiger partial charge is 0.349 e. The molecule has 0 aliphatic heterocycles. The lowest BCUT2D eigenvalue weighted by molar-refractivity contribution is -0.386. The lowest BCUT2D eigenvalue weighted by Gasteiger charge is -2.26. The van der Waals surface area contributed by atoms with Crippen molar-refractivity contribution in [2.75, 3.05) is 11.9 Å². The highest BCUT2D eigenvalue weighted by Gasteiger charge is 2.25. The summed E-state index contributed by atoms with van der Waals surface area (Å²) < 4.78 is 5.78. The Morgan fingerprint density at radius 3 is 2.76 bits per heavy atom. The lowest BCUT2D eigenvalue weighted by atomic mass is 9.89. The third-order valence-corrected chi connectivity index (χ3v) is 3.71. The van der Waals surface area contributed by atoms with Crippen LogP contribution in [0.3, 0.4) is 0 Å². The fraction of sp³-hybridized carbons (Fsp3) is 0.714. The molecular formula is C14H22N4O3. The van der Waals surface area contributed by atoms with Crippen LogP contribution in [0.5, 0.6) is 5.88 Å². The van der Waals surface area contributed by atoms with E-state index in [0.717, 1.165) is 38.6 Å². The van der Waals surface area contributed by atoms with Gasteiger partial charge in [0.2, 0.25) is 5.95 Å². The first-order valence-corrected chi connectivity index (χ1v) is 7.52. The first-order valence-electron chi connectivity index (χ1n) is 7.52. The van der Waals surface area contributed by atoms with Crippen LogP contribution in [-0.2, 0) is 0 Å². The van der Waals surface area contributed by atoms with Crippen LogP contribution in [0.4, 0.5) is 11.6 Å². The Morgan fingerprint density at radius 1 is 1.43 bits per heavy atom. The van der Waals surface area contributed by atoms with E-state index in [0.29, 0.717) is 11.9 Å². The molecule has 1 saturated carbocycles. The molecule has 0 atom stereocenters. The number of hydrogen-bond acceptors (Lipinski definition) is 6. The zero-order chi connectivity index (χ0) is 15.2. The van der Waals surface area contributed by atoms with Crippen LogP contribution in [0, 0.1) is 16.0 Å². The molecule has 21 heavy (non-hydrogen) atoms. The SMILES string of the molecule is CCCNc1ncc([N+](=O)[O-])c(OC2CCC(C)CC2)n1. The highest BCUT2D eigenvalue weighted by atomic mass is 16.6. The Balaban J connectivity index is 2.12. The molecular weight excluding hydrogens is 272 g/mol. The van der Waals surface area contributed by atoms with Crippen LogP contribution >= 0.6 is 0 Å². The normalized spacial score (nSPS) is 21.8. The number of hydrogen-bond donors (Lipinski definition) is 1. The molecule has 0 unspecified atom stereocenters. The molecule has 1 aliphatic carbocycles. The number of nitro groups is 1. The van der Waals surface area contributed by atoms with Gasteiger partial charge in [-0.2, -0.15) is 4.98 Å². The van der Waals surface area contributed by atoms with E-state index in [1.54, 1.807) is 0 Å². The van der Waals surface area contributed by atoms with Crippen molar-refractivity contribution >= 4 is 11.6 Å². The molecule has 1 N–H and O–H groups in total. The molecule has 0 radical (unpaired) electrons. The topological polar surface area (TPSA) is 90.2 Å². The van der Waals surface area contributed by atoms with Gasteiger partial charge in [0, 0.05) is 6.54 Å². The summed E-state index contributed by atoms with van der Waals surface area (Å²) in [6.07, 6.45) is 6.16. The van der Waals surface area contributed by atoms with Gasteiger partial charge in [-0.25, -0.2) is 4.98 Å². The van der Waals surface area contributed by atoms with Crippen molar-refractivity contribution in [1.82, 2.24) is 9.97 Å². The minimum Gasteiger partial charge on any atom is -0.469 e. The minimum atomic E-state index is -0.496. The fourth-order valence-corrected chi connectivity index (χ4v) is 2.40. The third kappa shape index (κ3) is 4.27. The van der Waals surface area contributed by atoms with Crippen LogP contribution in [0.2, 0.25) is 0 Å². The van der Waals surface area contributed by atoms with Crippen LogP contribution in [0.1, 0.15) is 46.0 Å². The summed E-state index contributed by atoms with van der Waals surface area (Å²) in [6.45, 7) is 4.97. The maximum Gasteiger partial charge on any atom is 0.349 e. The quantitative estimate of drug-likeness (QED) is 0.640. The van der Waals surface area contributed by atoms with Crippen LogP contribution in [0.25, 0.3) is 0 Å². The molecule has 1 aliphatic rings. The Hall–Kier alpha value is -1.92. The molecule has 0 bridgehead atoms. The predicted molar refractivity (Wildman–Crippen MR) is 79.5 cm³/mol. The summed E-state index contributed by atoms with van der Waals surface area (Å²) in [5.74, 6) is 1.15. The Morgan fingerprint density at radius 2 is 2.14 bits per heavy atom. The highest BCUT2D eigenvalue weighted by molar-refractivity contribution is 5.43. The number of anilines is 1. The van der Waals surface area contributed by atoms with Crippen molar-refractivity contribution in [2.24, 2.45) is 5.92 Å². The van der Waals surface area contributed by atoms with E-state index in [9.17, 15) is 10.1 Å². The van der Waals surface area contributed by atoms with Gasteiger partial charge in [0.1, 0.15) is 12.3 Å². The molecule has 0 aromatic carbocycles. The van der Waals surface area contributed by atoms with Crippen LogP contribution in [0.15, 0.2) is 6.20 Å².